The van der Waals surface area contributed by atoms with E-state index >= 15 is 0 Å². The van der Waals surface area contributed by atoms with E-state index in [9.17, 15) is 4.79 Å². The van der Waals surface area contributed by atoms with Gasteiger partial charge in [-0.3, -0.25) is 4.79 Å². The molecule has 0 radical (unpaired) electrons. The van der Waals surface area contributed by atoms with Gasteiger partial charge in [0.1, 0.15) is 0 Å². The van der Waals surface area contributed by atoms with Crippen LogP contribution in [0.4, 0.5) is 0 Å². The van der Waals surface area contributed by atoms with Crippen LogP contribution >= 0.6 is 11.6 Å². The molecule has 19 heavy (non-hydrogen) atoms. The molecule has 1 rings (SSSR count). The van der Waals surface area contributed by atoms with Gasteiger partial charge in [-0.2, -0.15) is 0 Å². The number of halogens is 1. The molecule has 1 aromatic carbocycles. The molecule has 0 aliphatic rings. The van der Waals surface area contributed by atoms with Gasteiger partial charge in [-0.1, -0.05) is 50.5 Å². The Bertz CT molecular complexity index is 373. The van der Waals surface area contributed by atoms with Gasteiger partial charge in [-0.15, -0.1) is 0 Å². The Kier molecular flexibility index (Phi) is 7.76. The Labute approximate surface area is 121 Å². The number of unbranched alkanes of at least 4 members (excludes halogenated alkanes) is 2. The van der Waals surface area contributed by atoms with Gasteiger partial charge in [-0.25, -0.2) is 0 Å². The van der Waals surface area contributed by atoms with E-state index in [1.165, 1.54) is 24.8 Å². The molecule has 0 saturated heterocycles. The Balaban J connectivity index is 2.64. The summed E-state index contributed by atoms with van der Waals surface area (Å²) in [6.07, 6.45) is 5.14. The van der Waals surface area contributed by atoms with E-state index in [4.69, 9.17) is 16.3 Å². The normalized spacial score (nSPS) is 12.4. The van der Waals surface area contributed by atoms with Crippen LogP contribution in [-0.2, 0) is 16.0 Å². The fourth-order valence-corrected chi connectivity index (χ4v) is 2.29. The van der Waals surface area contributed by atoms with Crippen LogP contribution in [0.3, 0.4) is 0 Å². The monoisotopic (exact) mass is 282 g/mol. The van der Waals surface area contributed by atoms with Crippen LogP contribution in [0.15, 0.2) is 24.3 Å². The molecule has 0 aliphatic heterocycles. The number of ether oxygens (including phenoxy) is 1. The van der Waals surface area contributed by atoms with Crippen LogP contribution < -0.4 is 0 Å². The molecule has 0 saturated carbocycles. The van der Waals surface area contributed by atoms with Gasteiger partial charge in [0.2, 0.25) is 5.24 Å². The Morgan fingerprint density at radius 1 is 1.21 bits per heavy atom. The molecule has 2 nitrogen and oxygen atoms in total. The van der Waals surface area contributed by atoms with E-state index in [1.807, 2.05) is 31.2 Å². The summed E-state index contributed by atoms with van der Waals surface area (Å²) in [6, 6.07) is 8.01. The third-order valence-electron chi connectivity index (χ3n) is 3.13. The number of rotatable bonds is 9. The zero-order valence-corrected chi connectivity index (χ0v) is 12.6. The predicted octanol–water partition coefficient (Wildman–Crippen LogP) is 4.65. The molecular weight excluding hydrogens is 260 g/mol. The summed E-state index contributed by atoms with van der Waals surface area (Å²) in [5.74, 6) is 0. The number of benzene rings is 1. The van der Waals surface area contributed by atoms with Crippen LogP contribution in [0, 0.1) is 0 Å². The largest absolute Gasteiger partial charge is 0.374 e. The lowest BCUT2D eigenvalue weighted by molar-refractivity contribution is -0.111. The van der Waals surface area contributed by atoms with Crippen molar-refractivity contribution in [2.24, 2.45) is 0 Å². The van der Waals surface area contributed by atoms with Crippen LogP contribution in [0.1, 0.15) is 56.8 Å². The summed E-state index contributed by atoms with van der Waals surface area (Å²) in [4.78, 5) is 10.8. The molecule has 0 N–H and O–H groups in total. The van der Waals surface area contributed by atoms with Gasteiger partial charge in [0, 0.05) is 13.0 Å². The van der Waals surface area contributed by atoms with E-state index in [2.05, 4.69) is 6.92 Å². The standard InChI is InChI=1S/C16H23ClO2/c1-3-5-6-7-15(19-4-2)14-10-8-13(9-11-14)12-16(17)18/h8-11,15H,3-7,12H2,1-2H3. The predicted molar refractivity (Wildman–Crippen MR) is 79.5 cm³/mol. The van der Waals surface area contributed by atoms with Crippen LogP contribution in [0.25, 0.3) is 0 Å². The number of carbonyl (C=O) groups is 1. The van der Waals surface area contributed by atoms with E-state index in [0.717, 1.165) is 18.6 Å². The Morgan fingerprint density at radius 3 is 2.42 bits per heavy atom. The van der Waals surface area contributed by atoms with Crippen molar-refractivity contribution in [1.82, 2.24) is 0 Å². The molecule has 0 aromatic heterocycles. The summed E-state index contributed by atoms with van der Waals surface area (Å²) in [7, 11) is 0. The van der Waals surface area contributed by atoms with Gasteiger partial charge in [-0.05, 0) is 36.1 Å². The molecular formula is C16H23ClO2. The zero-order chi connectivity index (χ0) is 14.1. The third kappa shape index (κ3) is 6.22. The van der Waals surface area contributed by atoms with E-state index in [-0.39, 0.29) is 17.8 Å². The molecule has 0 amide bonds. The highest BCUT2D eigenvalue weighted by molar-refractivity contribution is 6.63. The second-order valence-electron chi connectivity index (χ2n) is 4.71. The Hall–Kier alpha value is -0.860. The third-order valence-corrected chi connectivity index (χ3v) is 3.27. The lowest BCUT2D eigenvalue weighted by atomic mass is 10.0. The van der Waals surface area contributed by atoms with Crippen molar-refractivity contribution in [3.8, 4) is 0 Å². The highest BCUT2D eigenvalue weighted by Crippen LogP contribution is 2.24. The first kappa shape index (κ1) is 16.2. The van der Waals surface area contributed by atoms with Crippen molar-refractivity contribution in [3.63, 3.8) is 0 Å². The van der Waals surface area contributed by atoms with Crippen LogP contribution in [0.2, 0.25) is 0 Å². The highest BCUT2D eigenvalue weighted by Gasteiger charge is 2.11. The molecule has 0 spiro atoms. The van der Waals surface area contributed by atoms with Gasteiger partial charge in [0.15, 0.2) is 0 Å². The van der Waals surface area contributed by atoms with Crippen molar-refractivity contribution in [3.05, 3.63) is 35.4 Å². The average molecular weight is 283 g/mol. The van der Waals surface area contributed by atoms with Crippen molar-refractivity contribution in [2.75, 3.05) is 6.61 Å². The molecule has 0 aliphatic carbocycles. The van der Waals surface area contributed by atoms with E-state index in [0.29, 0.717) is 0 Å². The summed E-state index contributed by atoms with van der Waals surface area (Å²) in [5, 5.41) is -0.322. The molecule has 0 bridgehead atoms. The number of hydrogen-bond donors (Lipinski definition) is 0. The average Bonchev–Trinajstić information content (AvgIpc) is 2.38. The maximum atomic E-state index is 10.8. The molecule has 0 fully saturated rings. The first-order chi connectivity index (χ1) is 9.17. The van der Waals surface area contributed by atoms with E-state index < -0.39 is 0 Å². The number of hydrogen-bond acceptors (Lipinski definition) is 2. The summed E-state index contributed by atoms with van der Waals surface area (Å²) in [5.41, 5.74) is 2.14. The van der Waals surface area contributed by atoms with Gasteiger partial charge < -0.3 is 4.74 Å². The lowest BCUT2D eigenvalue weighted by Gasteiger charge is -2.17. The molecule has 3 heteroatoms. The summed E-state index contributed by atoms with van der Waals surface area (Å²) < 4.78 is 5.80. The second-order valence-corrected chi connectivity index (χ2v) is 5.13. The number of carbonyl (C=O) groups excluding carboxylic acids is 1. The smallest absolute Gasteiger partial charge is 0.226 e. The van der Waals surface area contributed by atoms with Gasteiger partial charge >= 0.3 is 0 Å². The second kappa shape index (κ2) is 9.11. The van der Waals surface area contributed by atoms with E-state index in [1.54, 1.807) is 0 Å². The SMILES string of the molecule is CCCCCC(OCC)c1ccc(CC(=O)Cl)cc1. The van der Waals surface area contributed by atoms with Crippen molar-refractivity contribution >= 4 is 16.8 Å². The molecule has 1 atom stereocenters. The summed E-state index contributed by atoms with van der Waals surface area (Å²) in [6.45, 7) is 4.94. The van der Waals surface area contributed by atoms with Crippen molar-refractivity contribution < 1.29 is 9.53 Å². The topological polar surface area (TPSA) is 26.3 Å². The first-order valence-corrected chi connectivity index (χ1v) is 7.44. The molecule has 0 heterocycles. The fraction of sp³-hybridized carbons (Fsp3) is 0.562. The quantitative estimate of drug-likeness (QED) is 0.487. The minimum absolute atomic E-state index is 0.164. The lowest BCUT2D eigenvalue weighted by Crippen LogP contribution is -2.05. The zero-order valence-electron chi connectivity index (χ0n) is 11.8. The minimum atomic E-state index is -0.322. The fourth-order valence-electron chi connectivity index (χ4n) is 2.14. The van der Waals surface area contributed by atoms with Crippen LogP contribution in [0.5, 0.6) is 0 Å². The maximum absolute atomic E-state index is 10.8. The first-order valence-electron chi connectivity index (χ1n) is 7.06. The Morgan fingerprint density at radius 2 is 1.89 bits per heavy atom. The minimum Gasteiger partial charge on any atom is -0.374 e. The molecule has 106 valence electrons. The van der Waals surface area contributed by atoms with Gasteiger partial charge in [0.25, 0.3) is 0 Å². The van der Waals surface area contributed by atoms with Crippen molar-refractivity contribution in [1.29, 1.82) is 0 Å². The van der Waals surface area contributed by atoms with Gasteiger partial charge in [0.05, 0.1) is 6.10 Å². The molecule has 1 aromatic rings. The molecule has 1 unspecified atom stereocenters. The maximum Gasteiger partial charge on any atom is 0.226 e. The van der Waals surface area contributed by atoms with Crippen molar-refractivity contribution in [2.45, 2.75) is 52.1 Å². The summed E-state index contributed by atoms with van der Waals surface area (Å²) >= 11 is 5.39. The highest BCUT2D eigenvalue weighted by atomic mass is 35.5. The van der Waals surface area contributed by atoms with Crippen LogP contribution in [-0.4, -0.2) is 11.8 Å².